The molecule has 0 aliphatic heterocycles. The van der Waals surface area contributed by atoms with Gasteiger partial charge in [0.2, 0.25) is 0 Å². The van der Waals surface area contributed by atoms with Crippen molar-refractivity contribution in [1.82, 2.24) is 19.9 Å². The van der Waals surface area contributed by atoms with E-state index in [1.54, 1.807) is 11.7 Å². The Kier molecular flexibility index (Phi) is 4.20. The van der Waals surface area contributed by atoms with Crippen LogP contribution in [0.25, 0.3) is 0 Å². The SMILES string of the molecule is C/N=C(/CCF)N(C)Cc1cn(C)nn1. The lowest BCUT2D eigenvalue weighted by Crippen LogP contribution is -2.26. The first-order valence-electron chi connectivity index (χ1n) is 4.75. The van der Waals surface area contributed by atoms with Crippen molar-refractivity contribution in [2.24, 2.45) is 12.0 Å². The highest BCUT2D eigenvalue weighted by Crippen LogP contribution is 2.01. The van der Waals surface area contributed by atoms with Gasteiger partial charge in [-0.2, -0.15) is 0 Å². The lowest BCUT2D eigenvalue weighted by atomic mass is 10.3. The molecule has 0 aliphatic rings. The third-order valence-electron chi connectivity index (χ3n) is 2.07. The molecule has 0 saturated heterocycles. The lowest BCUT2D eigenvalue weighted by Gasteiger charge is -2.18. The summed E-state index contributed by atoms with van der Waals surface area (Å²) in [7, 11) is 5.34. The molecule has 0 N–H and O–H groups in total. The number of hydrogen-bond donors (Lipinski definition) is 0. The van der Waals surface area contributed by atoms with Gasteiger partial charge in [0.05, 0.1) is 13.2 Å². The molecule has 0 unspecified atom stereocenters. The second kappa shape index (κ2) is 5.43. The first-order valence-corrected chi connectivity index (χ1v) is 4.75. The van der Waals surface area contributed by atoms with Gasteiger partial charge in [0.25, 0.3) is 0 Å². The zero-order chi connectivity index (χ0) is 11.3. The number of halogens is 1. The van der Waals surface area contributed by atoms with Crippen LogP contribution in [-0.2, 0) is 13.6 Å². The molecular weight excluding hydrogens is 197 g/mol. The zero-order valence-electron chi connectivity index (χ0n) is 9.31. The molecule has 0 radical (unpaired) electrons. The average molecular weight is 213 g/mol. The van der Waals surface area contributed by atoms with Gasteiger partial charge in [0.1, 0.15) is 11.5 Å². The smallest absolute Gasteiger partial charge is 0.102 e. The molecule has 0 fully saturated rings. The van der Waals surface area contributed by atoms with Crippen LogP contribution in [0.3, 0.4) is 0 Å². The second-order valence-corrected chi connectivity index (χ2v) is 3.32. The maximum absolute atomic E-state index is 12.2. The van der Waals surface area contributed by atoms with Crippen LogP contribution in [0.5, 0.6) is 0 Å². The number of nitrogens with zero attached hydrogens (tertiary/aromatic N) is 5. The standard InChI is InChI=1S/C9H16FN5/c1-11-9(4-5-10)14(2)6-8-7-15(3)13-12-8/h7H,4-6H2,1-3H3/b11-9-. The van der Waals surface area contributed by atoms with Gasteiger partial charge < -0.3 is 4.90 Å². The van der Waals surface area contributed by atoms with Crippen LogP contribution in [0.1, 0.15) is 12.1 Å². The Balaban J connectivity index is 2.57. The number of aliphatic imine (C=N–C) groups is 1. The predicted molar refractivity (Wildman–Crippen MR) is 56.4 cm³/mol. The van der Waals surface area contributed by atoms with Crippen molar-refractivity contribution in [3.63, 3.8) is 0 Å². The van der Waals surface area contributed by atoms with Crippen LogP contribution in [0.4, 0.5) is 4.39 Å². The lowest BCUT2D eigenvalue weighted by molar-refractivity contribution is 0.449. The molecule has 0 aromatic carbocycles. The first kappa shape index (κ1) is 11.6. The van der Waals surface area contributed by atoms with E-state index in [4.69, 9.17) is 0 Å². The van der Waals surface area contributed by atoms with Crippen molar-refractivity contribution in [3.8, 4) is 0 Å². The Morgan fingerprint density at radius 3 is 2.87 bits per heavy atom. The van der Waals surface area contributed by atoms with Gasteiger partial charge in [-0.05, 0) is 0 Å². The van der Waals surface area contributed by atoms with Gasteiger partial charge in [0, 0.05) is 33.8 Å². The summed E-state index contributed by atoms with van der Waals surface area (Å²) in [4.78, 5) is 5.91. The van der Waals surface area contributed by atoms with Gasteiger partial charge in [0.15, 0.2) is 0 Å². The van der Waals surface area contributed by atoms with Crippen molar-refractivity contribution >= 4 is 5.84 Å². The number of amidine groups is 1. The fourth-order valence-corrected chi connectivity index (χ4v) is 1.36. The summed E-state index contributed by atoms with van der Waals surface area (Å²) < 4.78 is 13.8. The summed E-state index contributed by atoms with van der Waals surface area (Å²) >= 11 is 0. The van der Waals surface area contributed by atoms with E-state index in [2.05, 4.69) is 15.3 Å². The Labute approximate surface area is 88.6 Å². The highest BCUT2D eigenvalue weighted by atomic mass is 19.1. The third kappa shape index (κ3) is 3.30. The Morgan fingerprint density at radius 2 is 2.40 bits per heavy atom. The first-order chi connectivity index (χ1) is 7.17. The topological polar surface area (TPSA) is 46.3 Å². The van der Waals surface area contributed by atoms with Crippen molar-refractivity contribution in [2.75, 3.05) is 20.8 Å². The molecule has 1 aromatic heterocycles. The Morgan fingerprint density at radius 1 is 1.67 bits per heavy atom. The van der Waals surface area contributed by atoms with E-state index in [1.807, 2.05) is 25.2 Å². The van der Waals surface area contributed by atoms with Gasteiger partial charge in [-0.25, -0.2) is 0 Å². The van der Waals surface area contributed by atoms with Gasteiger partial charge in [-0.1, -0.05) is 5.21 Å². The number of rotatable bonds is 4. The third-order valence-corrected chi connectivity index (χ3v) is 2.07. The van der Waals surface area contributed by atoms with E-state index >= 15 is 0 Å². The summed E-state index contributed by atoms with van der Waals surface area (Å²) in [5.41, 5.74) is 0.847. The molecule has 0 atom stereocenters. The fraction of sp³-hybridized carbons (Fsp3) is 0.667. The monoisotopic (exact) mass is 213 g/mol. The summed E-state index contributed by atoms with van der Waals surface area (Å²) in [5, 5.41) is 7.78. The van der Waals surface area contributed by atoms with Crippen molar-refractivity contribution in [1.29, 1.82) is 0 Å². The summed E-state index contributed by atoms with van der Waals surface area (Å²) in [5.74, 6) is 0.739. The Bertz CT molecular complexity index is 333. The highest BCUT2D eigenvalue weighted by Gasteiger charge is 2.08. The minimum absolute atomic E-state index is 0.341. The van der Waals surface area contributed by atoms with E-state index < -0.39 is 6.67 Å². The van der Waals surface area contributed by atoms with E-state index in [0.717, 1.165) is 11.5 Å². The molecule has 0 aliphatic carbocycles. The molecule has 84 valence electrons. The minimum atomic E-state index is -0.391. The molecule has 0 bridgehead atoms. The molecule has 15 heavy (non-hydrogen) atoms. The highest BCUT2D eigenvalue weighted by molar-refractivity contribution is 5.81. The summed E-state index contributed by atoms with van der Waals surface area (Å²) in [6.45, 7) is 0.206. The molecule has 1 aromatic rings. The Hall–Kier alpha value is -1.46. The molecule has 5 nitrogen and oxygen atoms in total. The van der Waals surface area contributed by atoms with Gasteiger partial charge in [-0.3, -0.25) is 14.1 Å². The quantitative estimate of drug-likeness (QED) is 0.544. The van der Waals surface area contributed by atoms with Crippen LogP contribution in [0.15, 0.2) is 11.2 Å². The normalized spacial score (nSPS) is 11.9. The molecule has 0 saturated carbocycles. The zero-order valence-corrected chi connectivity index (χ0v) is 9.31. The molecule has 6 heteroatoms. The predicted octanol–water partition coefficient (Wildman–Crippen LogP) is 0.635. The fourth-order valence-electron chi connectivity index (χ4n) is 1.36. The number of alkyl halides is 1. The second-order valence-electron chi connectivity index (χ2n) is 3.32. The average Bonchev–Trinajstić information content (AvgIpc) is 2.60. The summed E-state index contributed by atoms with van der Waals surface area (Å²) in [6.07, 6.45) is 2.17. The van der Waals surface area contributed by atoms with E-state index in [1.165, 1.54) is 0 Å². The number of hydrogen-bond acceptors (Lipinski definition) is 3. The largest absolute Gasteiger partial charge is 0.357 e. The van der Waals surface area contributed by atoms with Crippen molar-refractivity contribution in [3.05, 3.63) is 11.9 Å². The van der Waals surface area contributed by atoms with Gasteiger partial charge >= 0.3 is 0 Å². The van der Waals surface area contributed by atoms with Gasteiger partial charge in [-0.15, -0.1) is 5.10 Å². The van der Waals surface area contributed by atoms with E-state index in [9.17, 15) is 4.39 Å². The molecule has 0 spiro atoms. The maximum Gasteiger partial charge on any atom is 0.102 e. The van der Waals surface area contributed by atoms with Crippen molar-refractivity contribution < 1.29 is 4.39 Å². The minimum Gasteiger partial charge on any atom is -0.357 e. The maximum atomic E-state index is 12.2. The van der Waals surface area contributed by atoms with Crippen LogP contribution in [0.2, 0.25) is 0 Å². The van der Waals surface area contributed by atoms with E-state index in [0.29, 0.717) is 13.0 Å². The van der Waals surface area contributed by atoms with Crippen LogP contribution in [0, 0.1) is 0 Å². The summed E-state index contributed by atoms with van der Waals surface area (Å²) in [6, 6.07) is 0. The van der Waals surface area contributed by atoms with Crippen molar-refractivity contribution in [2.45, 2.75) is 13.0 Å². The molecular formula is C9H16FN5. The number of aryl methyl sites for hydroxylation is 1. The van der Waals surface area contributed by atoms with Crippen LogP contribution < -0.4 is 0 Å². The molecule has 1 heterocycles. The van der Waals surface area contributed by atoms with Crippen LogP contribution >= 0.6 is 0 Å². The van der Waals surface area contributed by atoms with Crippen LogP contribution in [-0.4, -0.2) is 46.5 Å². The molecule has 1 rings (SSSR count). The molecule has 0 amide bonds. The number of aromatic nitrogens is 3. The van der Waals surface area contributed by atoms with E-state index in [-0.39, 0.29) is 0 Å².